The second kappa shape index (κ2) is 7.27. The number of halogens is 3. The van der Waals surface area contributed by atoms with Crippen molar-refractivity contribution in [1.82, 2.24) is 0 Å². The van der Waals surface area contributed by atoms with Gasteiger partial charge in [0.05, 0.1) is 19.6 Å². The van der Waals surface area contributed by atoms with E-state index in [2.05, 4.69) is 0 Å². The number of carboxylic acid groups (broad SMARTS) is 1. The first-order valence-corrected chi connectivity index (χ1v) is 7.63. The van der Waals surface area contributed by atoms with Crippen molar-refractivity contribution < 1.29 is 51.6 Å². The third-order valence-electron chi connectivity index (χ3n) is 4.09. The Balaban J connectivity index is 0.000000298. The molecule has 0 aromatic carbocycles. The van der Waals surface area contributed by atoms with Crippen LogP contribution in [0.3, 0.4) is 0 Å². The fraction of sp³-hybridized carbons (Fsp3) is 0.857. The standard InChI is InChI=1S/C12H19NO6.C2HF3O2/c1-12(2)18-9-8-7(17-11(9)19-12)6(13)5(4-16-8)10(14)15-3;3-2(4,5)1(6)7/h5-9,11H,4,13H2,1-3H3;(H,6,7)/t5-,6-,7+,8-,9+,11+;/m0./s1. The fourth-order valence-electron chi connectivity index (χ4n) is 2.94. The summed E-state index contributed by atoms with van der Waals surface area (Å²) in [5.74, 6) is -4.34. The van der Waals surface area contributed by atoms with Crippen LogP contribution >= 0.6 is 0 Å². The minimum Gasteiger partial charge on any atom is -0.475 e. The molecule has 3 saturated heterocycles. The van der Waals surface area contributed by atoms with Gasteiger partial charge in [-0.1, -0.05) is 0 Å². The summed E-state index contributed by atoms with van der Waals surface area (Å²) in [7, 11) is 1.33. The molecule has 6 atom stereocenters. The zero-order valence-electron chi connectivity index (χ0n) is 14.2. The third kappa shape index (κ3) is 4.26. The molecule has 0 aliphatic carbocycles. The molecule has 26 heavy (non-hydrogen) atoms. The van der Waals surface area contributed by atoms with Gasteiger partial charge in [0, 0.05) is 6.04 Å². The first kappa shape index (κ1) is 20.8. The lowest BCUT2D eigenvalue weighted by Gasteiger charge is -2.37. The lowest BCUT2D eigenvalue weighted by atomic mass is 9.90. The molecule has 0 bridgehead atoms. The highest BCUT2D eigenvalue weighted by Gasteiger charge is 2.60. The summed E-state index contributed by atoms with van der Waals surface area (Å²) in [5.41, 5.74) is 6.09. The minimum absolute atomic E-state index is 0.214. The molecule has 0 aromatic heterocycles. The van der Waals surface area contributed by atoms with Crippen LogP contribution in [0.4, 0.5) is 13.2 Å². The van der Waals surface area contributed by atoms with Crippen molar-refractivity contribution in [2.75, 3.05) is 13.7 Å². The van der Waals surface area contributed by atoms with Gasteiger partial charge in [0.2, 0.25) is 0 Å². The zero-order chi connectivity index (χ0) is 19.9. The molecule has 12 heteroatoms. The van der Waals surface area contributed by atoms with Crippen molar-refractivity contribution in [3.63, 3.8) is 0 Å². The van der Waals surface area contributed by atoms with E-state index in [1.807, 2.05) is 13.8 Å². The summed E-state index contributed by atoms with van der Waals surface area (Å²) in [5, 5.41) is 7.12. The number of carboxylic acids is 1. The second-order valence-corrected chi connectivity index (χ2v) is 6.38. The lowest BCUT2D eigenvalue weighted by molar-refractivity contribution is -0.232. The maximum atomic E-state index is 11.6. The largest absolute Gasteiger partial charge is 0.490 e. The highest BCUT2D eigenvalue weighted by atomic mass is 19.4. The van der Waals surface area contributed by atoms with E-state index in [9.17, 15) is 18.0 Å². The van der Waals surface area contributed by atoms with Crippen LogP contribution in [0.25, 0.3) is 0 Å². The molecule has 3 rings (SSSR count). The van der Waals surface area contributed by atoms with Crippen molar-refractivity contribution in [3.05, 3.63) is 0 Å². The number of alkyl halides is 3. The Bertz CT molecular complexity index is 555. The molecule has 0 saturated carbocycles. The number of esters is 1. The zero-order valence-corrected chi connectivity index (χ0v) is 14.2. The Labute approximate surface area is 146 Å². The van der Waals surface area contributed by atoms with Gasteiger partial charge in [0.15, 0.2) is 12.1 Å². The van der Waals surface area contributed by atoms with Gasteiger partial charge in [0.1, 0.15) is 18.3 Å². The molecular weight excluding hydrogens is 367 g/mol. The van der Waals surface area contributed by atoms with Gasteiger partial charge in [-0.2, -0.15) is 13.2 Å². The average molecular weight is 387 g/mol. The van der Waals surface area contributed by atoms with Crippen molar-refractivity contribution in [2.45, 2.75) is 56.5 Å². The monoisotopic (exact) mass is 387 g/mol. The van der Waals surface area contributed by atoms with Gasteiger partial charge < -0.3 is 34.5 Å². The van der Waals surface area contributed by atoms with E-state index in [1.54, 1.807) is 0 Å². The van der Waals surface area contributed by atoms with Crippen LogP contribution in [0.15, 0.2) is 0 Å². The summed E-state index contributed by atoms with van der Waals surface area (Å²) in [6, 6.07) is -0.480. The number of hydrogen-bond acceptors (Lipinski definition) is 8. The van der Waals surface area contributed by atoms with Crippen LogP contribution in [-0.2, 0) is 33.3 Å². The molecular formula is C14H20F3NO8. The topological polar surface area (TPSA) is 127 Å². The van der Waals surface area contributed by atoms with Crippen LogP contribution < -0.4 is 5.73 Å². The third-order valence-corrected chi connectivity index (χ3v) is 4.09. The molecule has 0 radical (unpaired) electrons. The Kier molecular flexibility index (Phi) is 5.83. The fourth-order valence-corrected chi connectivity index (χ4v) is 2.94. The van der Waals surface area contributed by atoms with Crippen LogP contribution in [0.5, 0.6) is 0 Å². The van der Waals surface area contributed by atoms with Gasteiger partial charge in [-0.25, -0.2) is 4.79 Å². The normalized spacial score (nSPS) is 37.8. The quantitative estimate of drug-likeness (QED) is 0.598. The van der Waals surface area contributed by atoms with Gasteiger partial charge in [0.25, 0.3) is 0 Å². The number of aliphatic carboxylic acids is 1. The second-order valence-electron chi connectivity index (χ2n) is 6.38. The van der Waals surface area contributed by atoms with Crippen LogP contribution in [0.1, 0.15) is 13.8 Å². The molecule has 0 spiro atoms. The molecule has 3 aliphatic heterocycles. The van der Waals surface area contributed by atoms with Crippen molar-refractivity contribution in [2.24, 2.45) is 11.7 Å². The number of nitrogens with two attached hydrogens (primary N) is 1. The smallest absolute Gasteiger partial charge is 0.475 e. The van der Waals surface area contributed by atoms with E-state index in [4.69, 9.17) is 39.3 Å². The van der Waals surface area contributed by atoms with Crippen molar-refractivity contribution >= 4 is 11.9 Å². The maximum Gasteiger partial charge on any atom is 0.490 e. The number of ether oxygens (including phenoxy) is 5. The summed E-state index contributed by atoms with van der Waals surface area (Å²) in [6.45, 7) is 3.86. The molecule has 0 amide bonds. The van der Waals surface area contributed by atoms with E-state index >= 15 is 0 Å². The first-order chi connectivity index (χ1) is 11.9. The first-order valence-electron chi connectivity index (χ1n) is 7.63. The number of hydrogen-bond donors (Lipinski definition) is 2. The average Bonchev–Trinajstić information content (AvgIpc) is 2.99. The van der Waals surface area contributed by atoms with Crippen molar-refractivity contribution in [1.29, 1.82) is 0 Å². The molecule has 9 nitrogen and oxygen atoms in total. The number of methoxy groups -OCH3 is 1. The molecule has 150 valence electrons. The predicted octanol–water partition coefficient (Wildman–Crippen LogP) is 0.0114. The van der Waals surface area contributed by atoms with E-state index in [1.165, 1.54) is 7.11 Å². The Hall–Kier alpha value is -1.47. The van der Waals surface area contributed by atoms with Crippen LogP contribution in [0, 0.1) is 5.92 Å². The summed E-state index contributed by atoms with van der Waals surface area (Å²) < 4.78 is 59.3. The SMILES string of the molecule is COC(=O)[C@H]1CO[C@H]2[C@H](O[C@@H]3OC(C)(C)O[C@@H]32)[C@H]1N.O=C(O)C(F)(F)F. The van der Waals surface area contributed by atoms with Crippen LogP contribution in [0.2, 0.25) is 0 Å². The highest BCUT2D eigenvalue weighted by Crippen LogP contribution is 2.42. The Morgan fingerprint density at radius 1 is 1.19 bits per heavy atom. The number of carbonyl (C=O) groups is 2. The molecule has 3 aliphatic rings. The van der Waals surface area contributed by atoms with Gasteiger partial charge in [-0.05, 0) is 13.8 Å². The number of carbonyl (C=O) groups excluding carboxylic acids is 1. The summed E-state index contributed by atoms with van der Waals surface area (Å²) in [4.78, 5) is 20.5. The lowest BCUT2D eigenvalue weighted by Crippen LogP contribution is -2.57. The Morgan fingerprint density at radius 2 is 1.77 bits per heavy atom. The number of rotatable bonds is 1. The van der Waals surface area contributed by atoms with E-state index in [0.29, 0.717) is 0 Å². The summed E-state index contributed by atoms with van der Waals surface area (Å²) in [6.07, 6.45) is -6.59. The van der Waals surface area contributed by atoms with Gasteiger partial charge >= 0.3 is 18.1 Å². The maximum absolute atomic E-state index is 11.6. The molecule has 3 heterocycles. The summed E-state index contributed by atoms with van der Waals surface area (Å²) >= 11 is 0. The minimum atomic E-state index is -5.08. The molecule has 0 unspecified atom stereocenters. The molecule has 3 N–H and O–H groups in total. The van der Waals surface area contributed by atoms with Crippen molar-refractivity contribution in [3.8, 4) is 0 Å². The molecule has 0 aromatic rings. The van der Waals surface area contributed by atoms with E-state index < -0.39 is 42.3 Å². The number of fused-ring (bicyclic) bond motifs is 3. The molecule has 3 fully saturated rings. The van der Waals surface area contributed by atoms with Crippen LogP contribution in [-0.4, -0.2) is 73.4 Å². The van der Waals surface area contributed by atoms with E-state index in [0.717, 1.165) is 0 Å². The predicted molar refractivity (Wildman–Crippen MR) is 75.6 cm³/mol. The highest BCUT2D eigenvalue weighted by molar-refractivity contribution is 5.73. The van der Waals surface area contributed by atoms with Gasteiger partial charge in [-0.3, -0.25) is 4.79 Å². The van der Waals surface area contributed by atoms with Gasteiger partial charge in [-0.15, -0.1) is 0 Å². The van der Waals surface area contributed by atoms with E-state index in [-0.39, 0.29) is 24.8 Å². The Morgan fingerprint density at radius 3 is 2.27 bits per heavy atom.